The van der Waals surface area contributed by atoms with Gasteiger partial charge in [-0.3, -0.25) is 0 Å². The Morgan fingerprint density at radius 3 is 1.75 bits per heavy atom. The molecule has 144 valence electrons. The Bertz CT molecular complexity index is 553. The molecule has 0 aromatic carbocycles. The van der Waals surface area contributed by atoms with E-state index in [1.54, 1.807) is 0 Å². The number of ether oxygens (including phenoxy) is 1. The van der Waals surface area contributed by atoms with Gasteiger partial charge in [0, 0.05) is 12.7 Å². The van der Waals surface area contributed by atoms with E-state index < -0.39 is 65.0 Å². The van der Waals surface area contributed by atoms with Crippen LogP contribution in [-0.4, -0.2) is 50.5 Å². The molecule has 0 aliphatic heterocycles. The van der Waals surface area contributed by atoms with Gasteiger partial charge in [-0.1, -0.05) is 0 Å². The molecule has 24 heavy (non-hydrogen) atoms. The molecule has 0 heterocycles. The van der Waals surface area contributed by atoms with Gasteiger partial charge in [-0.25, -0.2) is 13.2 Å². The van der Waals surface area contributed by atoms with Crippen molar-refractivity contribution in [3.63, 3.8) is 0 Å². The molecule has 0 saturated carbocycles. The van der Waals surface area contributed by atoms with Crippen molar-refractivity contribution in [2.24, 2.45) is 0 Å². The smallest absolute Gasteiger partial charge is 0.461 e. The van der Waals surface area contributed by atoms with Crippen LogP contribution in [0, 0.1) is 0 Å². The van der Waals surface area contributed by atoms with Gasteiger partial charge < -0.3 is 4.74 Å². The standard InChI is InChI=1S/C10H11F9O4S/c1-24(21,22)10(18,19)7(11,12)4-2-3-5-23-6(20)8(13,14)9(15,16)17/h2-5H2,1H3. The first-order valence-corrected chi connectivity index (χ1v) is 7.84. The molecule has 14 heteroatoms. The molecule has 0 aromatic heterocycles. The summed E-state index contributed by atoms with van der Waals surface area (Å²) in [5, 5.41) is -5.39. The first-order chi connectivity index (χ1) is 10.4. The predicted octanol–water partition coefficient (Wildman–Crippen LogP) is 3.17. The number of halogens is 9. The lowest BCUT2D eigenvalue weighted by Gasteiger charge is -2.24. The summed E-state index contributed by atoms with van der Waals surface area (Å²) in [4.78, 5) is 10.5. The molecular formula is C10H11F9O4S. The van der Waals surface area contributed by atoms with Gasteiger partial charge >= 0.3 is 29.2 Å². The van der Waals surface area contributed by atoms with Crippen molar-refractivity contribution < 1.29 is 57.5 Å². The number of carbonyl (C=O) groups is 1. The highest BCUT2D eigenvalue weighted by molar-refractivity contribution is 7.91. The first kappa shape index (κ1) is 22.8. The molecule has 0 aliphatic carbocycles. The fourth-order valence-corrected chi connectivity index (χ4v) is 1.88. The second-order valence-electron chi connectivity index (χ2n) is 4.66. The van der Waals surface area contributed by atoms with E-state index in [2.05, 4.69) is 4.74 Å². The van der Waals surface area contributed by atoms with E-state index in [0.29, 0.717) is 0 Å². The Kier molecular flexibility index (Phi) is 6.61. The van der Waals surface area contributed by atoms with E-state index in [0.717, 1.165) is 0 Å². The van der Waals surface area contributed by atoms with E-state index in [1.165, 1.54) is 0 Å². The Balaban J connectivity index is 4.50. The summed E-state index contributed by atoms with van der Waals surface area (Å²) < 4.78 is 137. The van der Waals surface area contributed by atoms with Crippen LogP contribution in [0.4, 0.5) is 39.5 Å². The number of rotatable bonds is 8. The number of unbranched alkanes of at least 4 members (excludes halogenated alkanes) is 1. The minimum absolute atomic E-state index is 0.123. The monoisotopic (exact) mass is 398 g/mol. The van der Waals surface area contributed by atoms with E-state index >= 15 is 0 Å². The number of sulfone groups is 1. The minimum Gasteiger partial charge on any atom is -0.461 e. The lowest BCUT2D eigenvalue weighted by Crippen LogP contribution is -2.46. The molecule has 0 atom stereocenters. The second kappa shape index (κ2) is 6.96. The van der Waals surface area contributed by atoms with Crippen LogP contribution < -0.4 is 0 Å². The summed E-state index contributed by atoms with van der Waals surface area (Å²) in [5.41, 5.74) is 0. The van der Waals surface area contributed by atoms with Gasteiger partial charge in [-0.15, -0.1) is 0 Å². The summed E-state index contributed by atoms with van der Waals surface area (Å²) in [7, 11) is -5.44. The van der Waals surface area contributed by atoms with Gasteiger partial charge in [0.25, 0.3) is 0 Å². The van der Waals surface area contributed by atoms with E-state index in [9.17, 15) is 52.7 Å². The number of esters is 1. The zero-order chi connectivity index (χ0) is 19.6. The van der Waals surface area contributed by atoms with E-state index in [4.69, 9.17) is 0 Å². The summed E-state index contributed by atoms with van der Waals surface area (Å²) in [5.74, 6) is -13.8. The van der Waals surface area contributed by atoms with Crippen molar-refractivity contribution in [1.29, 1.82) is 0 Å². The molecule has 0 radical (unpaired) electrons. The maximum atomic E-state index is 13.1. The van der Waals surface area contributed by atoms with Gasteiger partial charge in [0.2, 0.25) is 9.84 Å². The Labute approximate surface area is 129 Å². The van der Waals surface area contributed by atoms with Gasteiger partial charge in [0.1, 0.15) is 0 Å². The average Bonchev–Trinajstić information content (AvgIpc) is 2.34. The number of hydrogen-bond donors (Lipinski definition) is 0. The minimum atomic E-state index is -6.21. The topological polar surface area (TPSA) is 60.4 Å². The van der Waals surface area contributed by atoms with Crippen molar-refractivity contribution in [1.82, 2.24) is 0 Å². The van der Waals surface area contributed by atoms with Crippen LogP contribution in [0.15, 0.2) is 0 Å². The van der Waals surface area contributed by atoms with Crippen molar-refractivity contribution in [2.75, 3.05) is 12.9 Å². The molecule has 0 spiro atoms. The molecule has 0 rings (SSSR count). The third-order valence-corrected chi connectivity index (χ3v) is 3.85. The fraction of sp³-hybridized carbons (Fsp3) is 0.900. The normalized spacial score (nSPS) is 14.6. The summed E-state index contributed by atoms with van der Waals surface area (Å²) in [6, 6.07) is 0. The van der Waals surface area contributed by atoms with Crippen LogP contribution in [0.1, 0.15) is 19.3 Å². The molecule has 4 nitrogen and oxygen atoms in total. The molecule has 0 aliphatic rings. The summed E-state index contributed by atoms with van der Waals surface area (Å²) >= 11 is 0. The molecule has 0 amide bonds. The number of alkyl halides is 9. The van der Waals surface area contributed by atoms with Gasteiger partial charge in [0.05, 0.1) is 6.61 Å². The zero-order valence-corrected chi connectivity index (χ0v) is 12.6. The predicted molar refractivity (Wildman–Crippen MR) is 60.5 cm³/mol. The SMILES string of the molecule is CS(=O)(=O)C(F)(F)C(F)(F)CCCCOC(=O)C(F)(F)C(F)(F)F. The van der Waals surface area contributed by atoms with Gasteiger partial charge in [-0.2, -0.15) is 39.5 Å². The van der Waals surface area contributed by atoms with Crippen LogP contribution in [0.5, 0.6) is 0 Å². The van der Waals surface area contributed by atoms with Crippen LogP contribution in [0.2, 0.25) is 0 Å². The second-order valence-corrected chi connectivity index (χ2v) is 6.72. The largest absolute Gasteiger partial charge is 0.465 e. The van der Waals surface area contributed by atoms with Crippen LogP contribution in [0.3, 0.4) is 0 Å². The molecule has 0 fully saturated rings. The van der Waals surface area contributed by atoms with Crippen molar-refractivity contribution >= 4 is 15.8 Å². The number of hydrogen-bond acceptors (Lipinski definition) is 4. The lowest BCUT2D eigenvalue weighted by atomic mass is 10.1. The lowest BCUT2D eigenvalue weighted by molar-refractivity contribution is -0.280. The van der Waals surface area contributed by atoms with Crippen LogP contribution in [0.25, 0.3) is 0 Å². The van der Waals surface area contributed by atoms with Gasteiger partial charge in [0.15, 0.2) is 0 Å². The molecule has 0 aromatic rings. The Morgan fingerprint density at radius 2 is 1.38 bits per heavy atom. The first-order valence-electron chi connectivity index (χ1n) is 5.95. The number of carbonyl (C=O) groups excluding carboxylic acids is 1. The van der Waals surface area contributed by atoms with E-state index in [1.807, 2.05) is 0 Å². The highest BCUT2D eigenvalue weighted by atomic mass is 32.2. The van der Waals surface area contributed by atoms with Crippen LogP contribution >= 0.6 is 0 Å². The molecule has 0 bridgehead atoms. The maximum Gasteiger partial charge on any atom is 0.465 e. The summed E-state index contributed by atoms with van der Waals surface area (Å²) in [6.45, 7) is -1.18. The molecule has 0 saturated heterocycles. The molecule has 0 unspecified atom stereocenters. The van der Waals surface area contributed by atoms with Crippen LogP contribution in [-0.2, 0) is 19.4 Å². The third kappa shape index (κ3) is 4.89. The molecule has 0 N–H and O–H groups in total. The van der Waals surface area contributed by atoms with E-state index in [-0.39, 0.29) is 6.26 Å². The molecular weight excluding hydrogens is 387 g/mol. The third-order valence-electron chi connectivity index (χ3n) is 2.62. The Morgan fingerprint density at radius 1 is 0.917 bits per heavy atom. The zero-order valence-electron chi connectivity index (χ0n) is 11.8. The van der Waals surface area contributed by atoms with Crippen molar-refractivity contribution in [3.05, 3.63) is 0 Å². The quantitative estimate of drug-likeness (QED) is 0.358. The highest BCUT2D eigenvalue weighted by Gasteiger charge is 2.65. The average molecular weight is 398 g/mol. The highest BCUT2D eigenvalue weighted by Crippen LogP contribution is 2.41. The van der Waals surface area contributed by atoms with Crippen molar-refractivity contribution in [2.45, 2.75) is 42.5 Å². The summed E-state index contributed by atoms with van der Waals surface area (Å²) in [6.07, 6.45) is -9.76. The van der Waals surface area contributed by atoms with Crippen molar-refractivity contribution in [3.8, 4) is 0 Å². The Hall–Kier alpha value is -1.21. The van der Waals surface area contributed by atoms with Gasteiger partial charge in [-0.05, 0) is 12.8 Å². The fourth-order valence-electron chi connectivity index (χ4n) is 1.24. The maximum absolute atomic E-state index is 13.1.